The first-order chi connectivity index (χ1) is 12.0. The smallest absolute Gasteiger partial charge is 0.258 e. The lowest BCUT2D eigenvalue weighted by atomic mass is 10.1. The number of hydrogen-bond donors (Lipinski definition) is 1. The van der Waals surface area contributed by atoms with Gasteiger partial charge in [0.1, 0.15) is 11.8 Å². The molecule has 1 atom stereocenters. The van der Waals surface area contributed by atoms with Gasteiger partial charge in [0.2, 0.25) is 5.91 Å². The van der Waals surface area contributed by atoms with Gasteiger partial charge in [0.05, 0.1) is 0 Å². The molecule has 1 aliphatic rings. The third kappa shape index (κ3) is 3.99. The van der Waals surface area contributed by atoms with Gasteiger partial charge >= 0.3 is 0 Å². The van der Waals surface area contributed by atoms with Gasteiger partial charge in [-0.25, -0.2) is 0 Å². The average molecular weight is 338 g/mol. The van der Waals surface area contributed by atoms with E-state index < -0.39 is 6.04 Å². The zero-order valence-corrected chi connectivity index (χ0v) is 14.5. The van der Waals surface area contributed by atoms with Crippen molar-refractivity contribution in [3.63, 3.8) is 0 Å². The number of ether oxygens (including phenoxy) is 1. The maximum absolute atomic E-state index is 12.6. The Balaban J connectivity index is 1.56. The predicted octanol–water partition coefficient (Wildman–Crippen LogP) is 2.60. The van der Waals surface area contributed by atoms with Crippen molar-refractivity contribution >= 4 is 17.5 Å². The molecule has 1 aliphatic heterocycles. The van der Waals surface area contributed by atoms with E-state index in [0.29, 0.717) is 18.7 Å². The fraction of sp³-hybridized carbons (Fsp3) is 0.300. The van der Waals surface area contributed by atoms with Crippen molar-refractivity contribution in [3.05, 3.63) is 59.7 Å². The zero-order chi connectivity index (χ0) is 17.8. The van der Waals surface area contributed by atoms with Crippen LogP contribution in [-0.2, 0) is 9.59 Å². The molecule has 25 heavy (non-hydrogen) atoms. The number of nitrogens with zero attached hydrogens (tertiary/aromatic N) is 1. The Morgan fingerprint density at radius 2 is 1.92 bits per heavy atom. The molecule has 1 saturated heterocycles. The molecule has 1 unspecified atom stereocenters. The summed E-state index contributed by atoms with van der Waals surface area (Å²) in [5.74, 6) is 0.271. The summed E-state index contributed by atoms with van der Waals surface area (Å²) in [6, 6.07) is 14.6. The molecule has 0 spiro atoms. The average Bonchev–Trinajstić information content (AvgIpc) is 2.97. The van der Waals surface area contributed by atoms with Crippen LogP contribution in [0.5, 0.6) is 5.75 Å². The fourth-order valence-electron chi connectivity index (χ4n) is 2.87. The van der Waals surface area contributed by atoms with Gasteiger partial charge in [-0.05, 0) is 55.7 Å². The van der Waals surface area contributed by atoms with Gasteiger partial charge in [-0.1, -0.05) is 24.3 Å². The van der Waals surface area contributed by atoms with E-state index in [-0.39, 0.29) is 18.4 Å². The number of amides is 2. The minimum Gasteiger partial charge on any atom is -0.484 e. The van der Waals surface area contributed by atoms with Crippen LogP contribution in [-0.4, -0.2) is 31.0 Å². The van der Waals surface area contributed by atoms with Crippen LogP contribution in [0.25, 0.3) is 0 Å². The molecular formula is C20H22N2O3. The molecule has 0 radical (unpaired) electrons. The number of rotatable bonds is 5. The van der Waals surface area contributed by atoms with Gasteiger partial charge in [-0.15, -0.1) is 0 Å². The van der Waals surface area contributed by atoms with Crippen molar-refractivity contribution in [1.82, 2.24) is 5.32 Å². The second kappa shape index (κ2) is 7.38. The lowest BCUT2D eigenvalue weighted by Crippen LogP contribution is -2.43. The van der Waals surface area contributed by atoms with Crippen LogP contribution in [0.2, 0.25) is 0 Å². The number of carbonyl (C=O) groups excluding carboxylic acids is 2. The van der Waals surface area contributed by atoms with Crippen LogP contribution < -0.4 is 15.0 Å². The Labute approximate surface area is 147 Å². The molecule has 0 bridgehead atoms. The van der Waals surface area contributed by atoms with Crippen molar-refractivity contribution in [3.8, 4) is 5.75 Å². The van der Waals surface area contributed by atoms with E-state index in [1.165, 1.54) is 5.56 Å². The number of para-hydroxylation sites is 1. The minimum atomic E-state index is -0.492. The molecule has 2 aromatic rings. The number of benzene rings is 2. The quantitative estimate of drug-likeness (QED) is 0.912. The van der Waals surface area contributed by atoms with Crippen LogP contribution in [0, 0.1) is 13.8 Å². The van der Waals surface area contributed by atoms with Gasteiger partial charge in [-0.3, -0.25) is 9.59 Å². The van der Waals surface area contributed by atoms with Crippen LogP contribution in [0.15, 0.2) is 48.5 Å². The van der Waals surface area contributed by atoms with Crippen molar-refractivity contribution in [2.24, 2.45) is 0 Å². The van der Waals surface area contributed by atoms with E-state index in [9.17, 15) is 9.59 Å². The van der Waals surface area contributed by atoms with Crippen LogP contribution >= 0.6 is 0 Å². The van der Waals surface area contributed by atoms with Crippen molar-refractivity contribution in [1.29, 1.82) is 0 Å². The molecule has 5 heteroatoms. The third-order valence-corrected chi connectivity index (χ3v) is 4.46. The summed E-state index contributed by atoms with van der Waals surface area (Å²) in [6.07, 6.45) is 0.600. The first-order valence-electron chi connectivity index (χ1n) is 8.40. The molecule has 3 rings (SSSR count). The van der Waals surface area contributed by atoms with E-state index in [1.807, 2.05) is 50.2 Å². The number of carbonyl (C=O) groups is 2. The molecule has 0 saturated carbocycles. The van der Waals surface area contributed by atoms with Crippen LogP contribution in [0.4, 0.5) is 5.69 Å². The molecule has 130 valence electrons. The highest BCUT2D eigenvalue weighted by atomic mass is 16.5. The monoisotopic (exact) mass is 338 g/mol. The van der Waals surface area contributed by atoms with Crippen molar-refractivity contribution < 1.29 is 14.3 Å². The second-order valence-electron chi connectivity index (χ2n) is 6.27. The standard InChI is InChI=1S/C20H22N2O3/c1-14-8-9-16(12-15(14)2)22-11-10-18(20(22)24)21-19(23)13-25-17-6-4-3-5-7-17/h3-9,12,18H,10-11,13H2,1-2H3,(H,21,23). The summed E-state index contributed by atoms with van der Waals surface area (Å²) in [4.78, 5) is 26.4. The molecule has 0 aromatic heterocycles. The zero-order valence-electron chi connectivity index (χ0n) is 14.5. The minimum absolute atomic E-state index is 0.0729. The summed E-state index contributed by atoms with van der Waals surface area (Å²) in [6.45, 7) is 4.57. The van der Waals surface area contributed by atoms with Gasteiger partial charge in [0.15, 0.2) is 6.61 Å². The Hall–Kier alpha value is -2.82. The summed E-state index contributed by atoms with van der Waals surface area (Å²) in [7, 11) is 0. The largest absolute Gasteiger partial charge is 0.484 e. The molecule has 2 aromatic carbocycles. The summed E-state index contributed by atoms with van der Waals surface area (Å²) >= 11 is 0. The summed E-state index contributed by atoms with van der Waals surface area (Å²) < 4.78 is 5.42. The summed E-state index contributed by atoms with van der Waals surface area (Å²) in [5.41, 5.74) is 3.22. The Morgan fingerprint density at radius 1 is 1.16 bits per heavy atom. The Kier molecular flexibility index (Phi) is 5.03. The van der Waals surface area contributed by atoms with Gasteiger partial charge in [-0.2, -0.15) is 0 Å². The molecule has 1 heterocycles. The van der Waals surface area contributed by atoms with E-state index in [1.54, 1.807) is 17.0 Å². The topological polar surface area (TPSA) is 58.6 Å². The Morgan fingerprint density at radius 3 is 2.64 bits per heavy atom. The lowest BCUT2D eigenvalue weighted by Gasteiger charge is -2.18. The van der Waals surface area contributed by atoms with Gasteiger partial charge in [0.25, 0.3) is 5.91 Å². The van der Waals surface area contributed by atoms with E-state index >= 15 is 0 Å². The van der Waals surface area contributed by atoms with E-state index in [2.05, 4.69) is 5.32 Å². The maximum atomic E-state index is 12.6. The van der Waals surface area contributed by atoms with E-state index in [0.717, 1.165) is 11.3 Å². The maximum Gasteiger partial charge on any atom is 0.258 e. The number of anilines is 1. The van der Waals surface area contributed by atoms with Gasteiger partial charge < -0.3 is 15.0 Å². The molecule has 1 N–H and O–H groups in total. The molecule has 2 amide bonds. The number of hydrogen-bond acceptors (Lipinski definition) is 3. The second-order valence-corrected chi connectivity index (χ2v) is 6.27. The number of aryl methyl sites for hydroxylation is 2. The first kappa shape index (κ1) is 17.0. The highest BCUT2D eigenvalue weighted by Gasteiger charge is 2.33. The van der Waals surface area contributed by atoms with Crippen molar-refractivity contribution in [2.75, 3.05) is 18.1 Å². The van der Waals surface area contributed by atoms with Gasteiger partial charge in [0, 0.05) is 12.2 Å². The molecule has 5 nitrogen and oxygen atoms in total. The lowest BCUT2D eigenvalue weighted by molar-refractivity contribution is -0.127. The fourth-order valence-corrected chi connectivity index (χ4v) is 2.87. The van der Waals surface area contributed by atoms with E-state index in [4.69, 9.17) is 4.74 Å². The summed E-state index contributed by atoms with van der Waals surface area (Å²) in [5, 5.41) is 2.77. The normalized spacial score (nSPS) is 16.8. The number of nitrogens with one attached hydrogen (secondary N) is 1. The molecule has 1 fully saturated rings. The first-order valence-corrected chi connectivity index (χ1v) is 8.40. The third-order valence-electron chi connectivity index (χ3n) is 4.46. The van der Waals surface area contributed by atoms with Crippen molar-refractivity contribution in [2.45, 2.75) is 26.3 Å². The SMILES string of the molecule is Cc1ccc(N2CCC(NC(=O)COc3ccccc3)C2=O)cc1C. The van der Waals surface area contributed by atoms with Crippen LogP contribution in [0.1, 0.15) is 17.5 Å². The predicted molar refractivity (Wildman–Crippen MR) is 96.8 cm³/mol. The Bertz CT molecular complexity index is 774. The molecular weight excluding hydrogens is 316 g/mol. The highest BCUT2D eigenvalue weighted by Crippen LogP contribution is 2.24. The molecule has 0 aliphatic carbocycles. The highest BCUT2D eigenvalue weighted by molar-refractivity contribution is 6.01. The van der Waals surface area contributed by atoms with Crippen LogP contribution in [0.3, 0.4) is 0 Å².